The van der Waals surface area contributed by atoms with Gasteiger partial charge < -0.3 is 4.74 Å². The Bertz CT molecular complexity index is 248. The van der Waals surface area contributed by atoms with E-state index in [9.17, 15) is 4.79 Å². The highest BCUT2D eigenvalue weighted by atomic mass is 16.5. The van der Waals surface area contributed by atoms with E-state index in [1.54, 1.807) is 0 Å². The first-order valence-electron chi connectivity index (χ1n) is 7.90. The van der Waals surface area contributed by atoms with Crippen LogP contribution in [0.2, 0.25) is 0 Å². The van der Waals surface area contributed by atoms with E-state index in [2.05, 4.69) is 6.92 Å². The molecule has 0 amide bonds. The molecule has 0 aromatic carbocycles. The molecule has 2 nitrogen and oxygen atoms in total. The van der Waals surface area contributed by atoms with Crippen molar-refractivity contribution in [3.8, 4) is 0 Å². The lowest BCUT2D eigenvalue weighted by Gasteiger charge is -2.29. The van der Waals surface area contributed by atoms with Crippen molar-refractivity contribution in [1.82, 2.24) is 0 Å². The van der Waals surface area contributed by atoms with E-state index in [0.717, 1.165) is 51.2 Å². The minimum Gasteiger partial charge on any atom is -0.381 e. The van der Waals surface area contributed by atoms with Gasteiger partial charge in [0, 0.05) is 25.6 Å². The molecule has 2 fully saturated rings. The van der Waals surface area contributed by atoms with Crippen molar-refractivity contribution in [3.63, 3.8) is 0 Å². The predicted molar refractivity (Wildman–Crippen MR) is 73.5 cm³/mol. The van der Waals surface area contributed by atoms with E-state index in [1.807, 2.05) is 0 Å². The molecule has 2 aliphatic rings. The van der Waals surface area contributed by atoms with Crippen LogP contribution < -0.4 is 0 Å². The molecular weight excluding hydrogens is 224 g/mol. The number of ether oxygens (including phenoxy) is 1. The average molecular weight is 252 g/mol. The summed E-state index contributed by atoms with van der Waals surface area (Å²) in [5, 5.41) is 0. The lowest BCUT2D eigenvalue weighted by atomic mass is 9.76. The maximum absolute atomic E-state index is 12.3. The number of Topliss-reactive ketones (excluding diaryl/α,β-unsaturated/α-hetero) is 1. The van der Waals surface area contributed by atoms with Crippen LogP contribution in [0.15, 0.2) is 0 Å². The van der Waals surface area contributed by atoms with Gasteiger partial charge in [-0.25, -0.2) is 0 Å². The van der Waals surface area contributed by atoms with E-state index in [1.165, 1.54) is 25.7 Å². The average Bonchev–Trinajstić information content (AvgIpc) is 2.41. The van der Waals surface area contributed by atoms with Crippen LogP contribution in [0.4, 0.5) is 0 Å². The SMILES string of the molecule is CCCC1CCC(C(=O)CC2CCOCC2)CC1. The van der Waals surface area contributed by atoms with E-state index in [0.29, 0.717) is 17.6 Å². The summed E-state index contributed by atoms with van der Waals surface area (Å²) in [5.74, 6) is 2.46. The van der Waals surface area contributed by atoms with Crippen molar-refractivity contribution in [1.29, 1.82) is 0 Å². The van der Waals surface area contributed by atoms with Crippen molar-refractivity contribution in [2.24, 2.45) is 17.8 Å². The van der Waals surface area contributed by atoms with Crippen LogP contribution in [0, 0.1) is 17.8 Å². The molecule has 0 radical (unpaired) electrons. The van der Waals surface area contributed by atoms with Crippen LogP contribution in [0.1, 0.15) is 64.7 Å². The smallest absolute Gasteiger partial charge is 0.136 e. The van der Waals surface area contributed by atoms with Crippen molar-refractivity contribution < 1.29 is 9.53 Å². The number of hydrogen-bond acceptors (Lipinski definition) is 2. The largest absolute Gasteiger partial charge is 0.381 e. The number of ketones is 1. The lowest BCUT2D eigenvalue weighted by Crippen LogP contribution is -2.26. The third kappa shape index (κ3) is 4.08. The van der Waals surface area contributed by atoms with E-state index in [-0.39, 0.29) is 0 Å². The highest BCUT2D eigenvalue weighted by Gasteiger charge is 2.27. The number of carbonyl (C=O) groups excluding carboxylic acids is 1. The number of rotatable bonds is 5. The minimum absolute atomic E-state index is 0.390. The molecule has 0 aromatic heterocycles. The number of carbonyl (C=O) groups is 1. The number of hydrogen-bond donors (Lipinski definition) is 0. The summed E-state index contributed by atoms with van der Waals surface area (Å²) < 4.78 is 5.36. The molecule has 1 heterocycles. The molecule has 0 atom stereocenters. The van der Waals surface area contributed by atoms with Crippen LogP contribution >= 0.6 is 0 Å². The molecule has 1 aliphatic heterocycles. The Morgan fingerprint density at radius 1 is 1.00 bits per heavy atom. The van der Waals surface area contributed by atoms with Crippen molar-refractivity contribution in [2.75, 3.05) is 13.2 Å². The summed E-state index contributed by atoms with van der Waals surface area (Å²) in [6, 6.07) is 0. The summed E-state index contributed by atoms with van der Waals surface area (Å²) in [6.07, 6.45) is 10.6. The normalized spacial score (nSPS) is 30.3. The topological polar surface area (TPSA) is 26.3 Å². The van der Waals surface area contributed by atoms with Crippen LogP contribution in [-0.4, -0.2) is 19.0 Å². The van der Waals surface area contributed by atoms with E-state index < -0.39 is 0 Å². The van der Waals surface area contributed by atoms with Crippen LogP contribution in [0.3, 0.4) is 0 Å². The third-order valence-electron chi connectivity index (χ3n) is 4.83. The Morgan fingerprint density at radius 3 is 2.28 bits per heavy atom. The van der Waals surface area contributed by atoms with Gasteiger partial charge in [0.25, 0.3) is 0 Å². The second kappa shape index (κ2) is 7.28. The van der Waals surface area contributed by atoms with Crippen molar-refractivity contribution in [2.45, 2.75) is 64.7 Å². The maximum Gasteiger partial charge on any atom is 0.136 e. The van der Waals surface area contributed by atoms with Crippen molar-refractivity contribution in [3.05, 3.63) is 0 Å². The molecule has 1 saturated carbocycles. The Labute approximate surface area is 111 Å². The third-order valence-corrected chi connectivity index (χ3v) is 4.83. The molecule has 0 unspecified atom stereocenters. The molecule has 2 rings (SSSR count). The Balaban J connectivity index is 1.70. The van der Waals surface area contributed by atoms with Crippen molar-refractivity contribution >= 4 is 5.78 Å². The van der Waals surface area contributed by atoms with Crippen LogP contribution in [-0.2, 0) is 9.53 Å². The standard InChI is InChI=1S/C16H28O2/c1-2-3-13-4-6-15(7-5-13)16(17)12-14-8-10-18-11-9-14/h13-15H,2-12H2,1H3. The van der Waals surface area contributed by atoms with Crippen LogP contribution in [0.5, 0.6) is 0 Å². The van der Waals surface area contributed by atoms with Gasteiger partial charge in [-0.1, -0.05) is 19.8 Å². The highest BCUT2D eigenvalue weighted by Crippen LogP contribution is 2.33. The van der Waals surface area contributed by atoms with E-state index >= 15 is 0 Å². The van der Waals surface area contributed by atoms with Gasteiger partial charge in [0.15, 0.2) is 0 Å². The highest BCUT2D eigenvalue weighted by molar-refractivity contribution is 5.81. The van der Waals surface area contributed by atoms with E-state index in [4.69, 9.17) is 4.74 Å². The quantitative estimate of drug-likeness (QED) is 0.740. The molecule has 0 bridgehead atoms. The molecule has 0 spiro atoms. The van der Waals surface area contributed by atoms with Gasteiger partial charge in [0.05, 0.1) is 0 Å². The second-order valence-corrected chi connectivity index (χ2v) is 6.23. The molecular formula is C16H28O2. The first-order chi connectivity index (χ1) is 8.79. The van der Waals surface area contributed by atoms with Crippen LogP contribution in [0.25, 0.3) is 0 Å². The molecule has 0 N–H and O–H groups in total. The van der Waals surface area contributed by atoms with Gasteiger partial charge in [-0.05, 0) is 50.4 Å². The second-order valence-electron chi connectivity index (χ2n) is 6.23. The summed E-state index contributed by atoms with van der Waals surface area (Å²) in [4.78, 5) is 12.3. The Kier molecular flexibility index (Phi) is 5.68. The fourth-order valence-corrected chi connectivity index (χ4v) is 3.58. The molecule has 104 valence electrons. The summed E-state index contributed by atoms with van der Waals surface area (Å²) in [6.45, 7) is 3.99. The monoisotopic (exact) mass is 252 g/mol. The fraction of sp³-hybridized carbons (Fsp3) is 0.938. The maximum atomic E-state index is 12.3. The zero-order chi connectivity index (χ0) is 12.8. The predicted octanol–water partition coefficient (Wildman–Crippen LogP) is 3.98. The molecule has 18 heavy (non-hydrogen) atoms. The molecule has 2 heteroatoms. The van der Waals surface area contributed by atoms with Gasteiger partial charge in [-0.2, -0.15) is 0 Å². The zero-order valence-corrected chi connectivity index (χ0v) is 11.8. The van der Waals surface area contributed by atoms with Gasteiger partial charge in [0.2, 0.25) is 0 Å². The summed E-state index contributed by atoms with van der Waals surface area (Å²) >= 11 is 0. The minimum atomic E-state index is 0.390. The van der Waals surface area contributed by atoms with Gasteiger partial charge in [-0.15, -0.1) is 0 Å². The van der Waals surface area contributed by atoms with Gasteiger partial charge in [-0.3, -0.25) is 4.79 Å². The van der Waals surface area contributed by atoms with Gasteiger partial charge >= 0.3 is 0 Å². The lowest BCUT2D eigenvalue weighted by molar-refractivity contribution is -0.125. The molecule has 0 aromatic rings. The molecule has 1 aliphatic carbocycles. The first-order valence-corrected chi connectivity index (χ1v) is 7.90. The Morgan fingerprint density at radius 2 is 1.67 bits per heavy atom. The zero-order valence-electron chi connectivity index (χ0n) is 11.8. The van der Waals surface area contributed by atoms with Gasteiger partial charge in [0.1, 0.15) is 5.78 Å². The summed E-state index contributed by atoms with van der Waals surface area (Å²) in [7, 11) is 0. The first kappa shape index (κ1) is 14.0. The Hall–Kier alpha value is -0.370. The summed E-state index contributed by atoms with van der Waals surface area (Å²) in [5.41, 5.74) is 0. The molecule has 1 saturated heterocycles. The fourth-order valence-electron chi connectivity index (χ4n) is 3.58.